The van der Waals surface area contributed by atoms with Crippen molar-refractivity contribution >= 4 is 34.1 Å². The highest BCUT2D eigenvalue weighted by molar-refractivity contribution is 8.00. The maximum Gasteiger partial charge on any atom is 0.267 e. The predicted octanol–water partition coefficient (Wildman–Crippen LogP) is 3.20. The average molecular weight is 327 g/mol. The Bertz CT molecular complexity index is 621. The fourth-order valence-electron chi connectivity index (χ4n) is 1.54. The maximum atomic E-state index is 13.5. The molecule has 1 amide bonds. The molecule has 21 heavy (non-hydrogen) atoms. The molecule has 0 radical (unpaired) electrons. The summed E-state index contributed by atoms with van der Waals surface area (Å²) in [6, 6.07) is 5.99. The number of benzene rings is 1. The SMILES string of the molecule is CC[C@H](Oc1ccccc1F)C(=O)Nc1nnc(SC)s1. The third kappa shape index (κ3) is 4.15. The summed E-state index contributed by atoms with van der Waals surface area (Å²) in [6.07, 6.45) is 1.50. The highest BCUT2D eigenvalue weighted by Gasteiger charge is 2.21. The van der Waals surface area contributed by atoms with Crippen molar-refractivity contribution in [3.05, 3.63) is 30.1 Å². The van der Waals surface area contributed by atoms with Crippen LogP contribution in [-0.2, 0) is 4.79 Å². The molecule has 0 saturated carbocycles. The molecular weight excluding hydrogens is 313 g/mol. The van der Waals surface area contributed by atoms with Gasteiger partial charge >= 0.3 is 0 Å². The standard InChI is InChI=1S/C13H14FN3O2S2/c1-3-9(19-10-7-5-4-6-8(10)14)11(18)15-12-16-17-13(20-2)21-12/h4-7,9H,3H2,1-2H3,(H,15,16,18)/t9-/m0/s1. The van der Waals surface area contributed by atoms with E-state index in [1.807, 2.05) is 6.26 Å². The molecule has 0 fully saturated rings. The molecule has 0 aliphatic heterocycles. The van der Waals surface area contributed by atoms with Gasteiger partial charge in [0.15, 0.2) is 22.0 Å². The van der Waals surface area contributed by atoms with E-state index in [1.165, 1.54) is 35.2 Å². The van der Waals surface area contributed by atoms with Crippen LogP contribution in [0.4, 0.5) is 9.52 Å². The Balaban J connectivity index is 2.03. The van der Waals surface area contributed by atoms with Crippen LogP contribution in [0.1, 0.15) is 13.3 Å². The monoisotopic (exact) mass is 327 g/mol. The zero-order chi connectivity index (χ0) is 15.2. The van der Waals surface area contributed by atoms with Crippen LogP contribution in [0.5, 0.6) is 5.75 Å². The number of thioether (sulfide) groups is 1. The lowest BCUT2D eigenvalue weighted by Crippen LogP contribution is -2.32. The average Bonchev–Trinajstić information content (AvgIpc) is 2.94. The van der Waals surface area contributed by atoms with Crippen LogP contribution < -0.4 is 10.1 Å². The fourth-order valence-corrected chi connectivity index (χ4v) is 2.72. The first kappa shape index (κ1) is 15.7. The molecule has 0 spiro atoms. The molecule has 1 N–H and O–H groups in total. The van der Waals surface area contributed by atoms with E-state index < -0.39 is 11.9 Å². The van der Waals surface area contributed by atoms with Crippen molar-refractivity contribution < 1.29 is 13.9 Å². The largest absolute Gasteiger partial charge is 0.478 e. The number of rotatable bonds is 6. The first-order chi connectivity index (χ1) is 10.1. The summed E-state index contributed by atoms with van der Waals surface area (Å²) in [5, 5.41) is 10.8. The van der Waals surface area contributed by atoms with Crippen molar-refractivity contribution in [1.29, 1.82) is 0 Å². The van der Waals surface area contributed by atoms with Gasteiger partial charge in [0.05, 0.1) is 0 Å². The molecule has 0 saturated heterocycles. The van der Waals surface area contributed by atoms with Crippen molar-refractivity contribution in [2.24, 2.45) is 0 Å². The third-order valence-corrected chi connectivity index (χ3v) is 4.39. The van der Waals surface area contributed by atoms with Crippen LogP contribution in [0.3, 0.4) is 0 Å². The number of aromatic nitrogens is 2. The molecule has 8 heteroatoms. The second-order valence-electron chi connectivity index (χ2n) is 4.01. The summed E-state index contributed by atoms with van der Waals surface area (Å²) in [5.74, 6) is -0.810. The zero-order valence-corrected chi connectivity index (χ0v) is 13.1. The van der Waals surface area contributed by atoms with Gasteiger partial charge in [-0.05, 0) is 24.8 Å². The molecule has 5 nitrogen and oxygen atoms in total. The maximum absolute atomic E-state index is 13.5. The summed E-state index contributed by atoms with van der Waals surface area (Å²) in [4.78, 5) is 12.1. The van der Waals surface area contributed by atoms with Gasteiger partial charge in [-0.25, -0.2) is 4.39 Å². The molecule has 1 atom stereocenters. The first-order valence-electron chi connectivity index (χ1n) is 6.23. The number of carbonyl (C=O) groups excluding carboxylic acids is 1. The van der Waals surface area contributed by atoms with Gasteiger partial charge in [-0.3, -0.25) is 10.1 Å². The number of halogens is 1. The van der Waals surface area contributed by atoms with E-state index in [2.05, 4.69) is 15.5 Å². The van der Waals surface area contributed by atoms with Gasteiger partial charge in [-0.15, -0.1) is 10.2 Å². The van der Waals surface area contributed by atoms with E-state index in [0.717, 1.165) is 4.34 Å². The van der Waals surface area contributed by atoms with Crippen LogP contribution in [0.2, 0.25) is 0 Å². The number of amides is 1. The van der Waals surface area contributed by atoms with Gasteiger partial charge in [0.25, 0.3) is 5.91 Å². The van der Waals surface area contributed by atoms with Gasteiger partial charge < -0.3 is 4.74 Å². The van der Waals surface area contributed by atoms with E-state index in [1.54, 1.807) is 19.1 Å². The number of para-hydroxylation sites is 1. The second-order valence-corrected chi connectivity index (χ2v) is 6.04. The molecule has 0 aliphatic carbocycles. The van der Waals surface area contributed by atoms with Crippen molar-refractivity contribution in [2.75, 3.05) is 11.6 Å². The van der Waals surface area contributed by atoms with Crippen LogP contribution in [-0.4, -0.2) is 28.5 Å². The summed E-state index contributed by atoms with van der Waals surface area (Å²) in [6.45, 7) is 1.79. The summed E-state index contributed by atoms with van der Waals surface area (Å²) in [5.41, 5.74) is 0. The predicted molar refractivity (Wildman–Crippen MR) is 81.4 cm³/mol. The number of carbonyl (C=O) groups is 1. The zero-order valence-electron chi connectivity index (χ0n) is 11.5. The lowest BCUT2D eigenvalue weighted by atomic mass is 10.2. The highest BCUT2D eigenvalue weighted by atomic mass is 32.2. The summed E-state index contributed by atoms with van der Waals surface area (Å²) >= 11 is 2.73. The van der Waals surface area contributed by atoms with E-state index >= 15 is 0 Å². The minimum Gasteiger partial charge on any atom is -0.478 e. The second kappa shape index (κ2) is 7.37. The van der Waals surface area contributed by atoms with Crippen molar-refractivity contribution in [3.8, 4) is 5.75 Å². The molecular formula is C13H14FN3O2S2. The van der Waals surface area contributed by atoms with Crippen LogP contribution in [0, 0.1) is 5.82 Å². The van der Waals surface area contributed by atoms with E-state index in [0.29, 0.717) is 11.6 Å². The van der Waals surface area contributed by atoms with Crippen LogP contribution in [0.25, 0.3) is 0 Å². The Kier molecular flexibility index (Phi) is 5.51. The number of hydrogen-bond donors (Lipinski definition) is 1. The summed E-state index contributed by atoms with van der Waals surface area (Å²) in [7, 11) is 0. The molecule has 1 heterocycles. The van der Waals surface area contributed by atoms with Crippen molar-refractivity contribution in [1.82, 2.24) is 10.2 Å². The minimum atomic E-state index is -0.788. The Morgan fingerprint density at radius 2 is 2.24 bits per heavy atom. The van der Waals surface area contributed by atoms with Gasteiger partial charge in [0.1, 0.15) is 0 Å². The molecule has 0 aliphatic rings. The fraction of sp³-hybridized carbons (Fsp3) is 0.308. The smallest absolute Gasteiger partial charge is 0.267 e. The van der Waals surface area contributed by atoms with E-state index in [4.69, 9.17) is 4.74 Å². The molecule has 0 bridgehead atoms. The van der Waals surface area contributed by atoms with Gasteiger partial charge in [0.2, 0.25) is 5.13 Å². The minimum absolute atomic E-state index is 0.0570. The highest BCUT2D eigenvalue weighted by Crippen LogP contribution is 2.24. The number of nitrogens with one attached hydrogen (secondary N) is 1. The van der Waals surface area contributed by atoms with E-state index in [-0.39, 0.29) is 11.7 Å². The molecule has 0 unspecified atom stereocenters. The van der Waals surface area contributed by atoms with Crippen molar-refractivity contribution in [2.45, 2.75) is 23.8 Å². The summed E-state index contributed by atoms with van der Waals surface area (Å²) < 4.78 is 19.7. The number of nitrogens with zero attached hydrogens (tertiary/aromatic N) is 2. The first-order valence-corrected chi connectivity index (χ1v) is 8.27. The molecule has 1 aromatic heterocycles. The molecule has 1 aromatic carbocycles. The number of hydrogen-bond acceptors (Lipinski definition) is 6. The van der Waals surface area contributed by atoms with Crippen LogP contribution >= 0.6 is 23.1 Å². The molecule has 2 rings (SSSR count). The normalized spacial score (nSPS) is 12.0. The van der Waals surface area contributed by atoms with Crippen molar-refractivity contribution in [3.63, 3.8) is 0 Å². The Morgan fingerprint density at radius 1 is 1.48 bits per heavy atom. The van der Waals surface area contributed by atoms with Crippen LogP contribution in [0.15, 0.2) is 28.6 Å². The lowest BCUT2D eigenvalue weighted by Gasteiger charge is -2.16. The van der Waals surface area contributed by atoms with E-state index in [9.17, 15) is 9.18 Å². The quantitative estimate of drug-likeness (QED) is 0.652. The Morgan fingerprint density at radius 3 is 2.86 bits per heavy atom. The Hall–Kier alpha value is -1.67. The lowest BCUT2D eigenvalue weighted by molar-refractivity contribution is -0.122. The number of anilines is 1. The Labute approximate surface area is 129 Å². The molecule has 2 aromatic rings. The van der Waals surface area contributed by atoms with Gasteiger partial charge in [-0.2, -0.15) is 0 Å². The third-order valence-electron chi connectivity index (χ3n) is 2.58. The topological polar surface area (TPSA) is 64.1 Å². The van der Waals surface area contributed by atoms with Gasteiger partial charge in [0, 0.05) is 0 Å². The molecule has 112 valence electrons. The van der Waals surface area contributed by atoms with Gasteiger partial charge in [-0.1, -0.05) is 42.2 Å². The number of ether oxygens (including phenoxy) is 1.